The maximum Gasteiger partial charge on any atom is 0.118 e. The molecular weight excluding hydrogens is 178 g/mol. The number of hydrogen-bond donors (Lipinski definition) is 1. The van der Waals surface area contributed by atoms with Gasteiger partial charge in [0.2, 0.25) is 0 Å². The van der Waals surface area contributed by atoms with Crippen LogP contribution < -0.4 is 10.2 Å². The molecule has 0 bridgehead atoms. The maximum atomic E-state index is 5.08. The quantitative estimate of drug-likeness (QED) is 0.726. The molecule has 1 aromatic rings. The molecule has 0 radical (unpaired) electrons. The van der Waals surface area contributed by atoms with Gasteiger partial charge in [0, 0.05) is 6.04 Å². The molecule has 0 amide bonds. The topological polar surface area (TPSA) is 30.5 Å². The lowest BCUT2D eigenvalue weighted by Crippen LogP contribution is -2.26. The van der Waals surface area contributed by atoms with Crippen molar-refractivity contribution in [3.8, 4) is 5.75 Å². The Kier molecular flexibility index (Phi) is 4.43. The summed E-state index contributed by atoms with van der Waals surface area (Å²) in [7, 11) is 3.30. The summed E-state index contributed by atoms with van der Waals surface area (Å²) in [6.07, 6.45) is 0.942. The first-order valence-electron chi connectivity index (χ1n) is 4.67. The van der Waals surface area contributed by atoms with Gasteiger partial charge in [-0.05, 0) is 31.0 Å². The second kappa shape index (κ2) is 5.62. The van der Waals surface area contributed by atoms with E-state index in [2.05, 4.69) is 24.5 Å². The van der Waals surface area contributed by atoms with Crippen molar-refractivity contribution in [2.75, 3.05) is 14.2 Å². The monoisotopic (exact) mass is 195 g/mol. The minimum absolute atomic E-state index is 0.313. The molecule has 0 fully saturated rings. The molecular formula is C11H17NO2. The summed E-state index contributed by atoms with van der Waals surface area (Å²) in [6.45, 7) is 2.08. The van der Waals surface area contributed by atoms with Gasteiger partial charge in [-0.2, -0.15) is 5.48 Å². The molecule has 3 heteroatoms. The Morgan fingerprint density at radius 2 is 1.86 bits per heavy atom. The van der Waals surface area contributed by atoms with Gasteiger partial charge in [0.1, 0.15) is 5.75 Å². The normalized spacial score (nSPS) is 12.5. The van der Waals surface area contributed by atoms with Gasteiger partial charge in [-0.1, -0.05) is 12.1 Å². The van der Waals surface area contributed by atoms with Gasteiger partial charge in [-0.3, -0.25) is 0 Å². The number of nitrogens with one attached hydrogen (secondary N) is 1. The number of benzene rings is 1. The molecule has 0 unspecified atom stereocenters. The van der Waals surface area contributed by atoms with E-state index >= 15 is 0 Å². The summed E-state index contributed by atoms with van der Waals surface area (Å²) < 4.78 is 5.08. The largest absolute Gasteiger partial charge is 0.497 e. The fraction of sp³-hybridized carbons (Fsp3) is 0.455. The average molecular weight is 195 g/mol. The number of rotatable bonds is 5. The Balaban J connectivity index is 2.50. The van der Waals surface area contributed by atoms with Crippen molar-refractivity contribution in [3.05, 3.63) is 29.8 Å². The van der Waals surface area contributed by atoms with Crippen LogP contribution in [0.25, 0.3) is 0 Å². The second-order valence-corrected chi connectivity index (χ2v) is 3.28. The van der Waals surface area contributed by atoms with E-state index in [1.807, 2.05) is 12.1 Å². The molecule has 0 heterocycles. The molecule has 78 valence electrons. The van der Waals surface area contributed by atoms with E-state index in [-0.39, 0.29) is 0 Å². The molecule has 0 aliphatic rings. The first-order chi connectivity index (χ1) is 6.76. The zero-order chi connectivity index (χ0) is 10.4. The summed E-state index contributed by atoms with van der Waals surface area (Å²) in [5.41, 5.74) is 4.16. The third-order valence-corrected chi connectivity index (χ3v) is 2.02. The predicted octanol–water partition coefficient (Wildman–Crippen LogP) is 1.78. The van der Waals surface area contributed by atoms with Crippen LogP contribution in [0, 0.1) is 0 Å². The van der Waals surface area contributed by atoms with Crippen LogP contribution in [-0.4, -0.2) is 20.3 Å². The van der Waals surface area contributed by atoms with Crippen molar-refractivity contribution in [2.45, 2.75) is 19.4 Å². The maximum absolute atomic E-state index is 5.08. The van der Waals surface area contributed by atoms with E-state index in [9.17, 15) is 0 Å². The first kappa shape index (κ1) is 11.0. The summed E-state index contributed by atoms with van der Waals surface area (Å²) in [6, 6.07) is 8.37. The highest BCUT2D eigenvalue weighted by Gasteiger charge is 2.02. The Hall–Kier alpha value is -1.06. The molecule has 1 aromatic carbocycles. The van der Waals surface area contributed by atoms with Gasteiger partial charge in [0.05, 0.1) is 14.2 Å². The lowest BCUT2D eigenvalue weighted by Gasteiger charge is -2.11. The van der Waals surface area contributed by atoms with Crippen LogP contribution in [0.15, 0.2) is 24.3 Å². The smallest absolute Gasteiger partial charge is 0.118 e. The van der Waals surface area contributed by atoms with Crippen molar-refractivity contribution in [3.63, 3.8) is 0 Å². The predicted molar refractivity (Wildman–Crippen MR) is 56.3 cm³/mol. The Morgan fingerprint density at radius 3 is 2.36 bits per heavy atom. The molecule has 1 N–H and O–H groups in total. The minimum atomic E-state index is 0.313. The lowest BCUT2D eigenvalue weighted by molar-refractivity contribution is 0.0661. The van der Waals surface area contributed by atoms with E-state index in [0.717, 1.165) is 12.2 Å². The fourth-order valence-corrected chi connectivity index (χ4v) is 1.36. The molecule has 1 atom stereocenters. The van der Waals surface area contributed by atoms with Crippen LogP contribution in [0.1, 0.15) is 12.5 Å². The van der Waals surface area contributed by atoms with Crippen LogP contribution >= 0.6 is 0 Å². The molecule has 0 aliphatic carbocycles. The van der Waals surface area contributed by atoms with Gasteiger partial charge in [0.15, 0.2) is 0 Å². The average Bonchev–Trinajstić information content (AvgIpc) is 2.19. The number of ether oxygens (including phenoxy) is 1. The van der Waals surface area contributed by atoms with Crippen LogP contribution in [0.5, 0.6) is 5.75 Å². The fourth-order valence-electron chi connectivity index (χ4n) is 1.36. The van der Waals surface area contributed by atoms with Crippen molar-refractivity contribution >= 4 is 0 Å². The highest BCUT2D eigenvalue weighted by molar-refractivity contribution is 5.27. The summed E-state index contributed by atoms with van der Waals surface area (Å²) >= 11 is 0. The Bertz CT molecular complexity index is 258. The Morgan fingerprint density at radius 1 is 1.21 bits per heavy atom. The van der Waals surface area contributed by atoms with E-state index < -0.39 is 0 Å². The SMILES string of the molecule is CON[C@H](C)Cc1ccc(OC)cc1. The number of hydrogen-bond acceptors (Lipinski definition) is 3. The minimum Gasteiger partial charge on any atom is -0.497 e. The molecule has 3 nitrogen and oxygen atoms in total. The van der Waals surface area contributed by atoms with Crippen LogP contribution in [0.3, 0.4) is 0 Å². The lowest BCUT2D eigenvalue weighted by atomic mass is 10.1. The number of hydroxylamine groups is 1. The van der Waals surface area contributed by atoms with E-state index in [1.54, 1.807) is 14.2 Å². The van der Waals surface area contributed by atoms with Gasteiger partial charge in [-0.15, -0.1) is 0 Å². The highest BCUT2D eigenvalue weighted by Crippen LogP contribution is 2.12. The molecule has 1 rings (SSSR count). The van der Waals surface area contributed by atoms with Gasteiger partial charge < -0.3 is 9.57 Å². The molecule has 14 heavy (non-hydrogen) atoms. The second-order valence-electron chi connectivity index (χ2n) is 3.28. The zero-order valence-electron chi connectivity index (χ0n) is 8.91. The Labute approximate surface area is 85.0 Å². The molecule has 0 aromatic heterocycles. The van der Waals surface area contributed by atoms with Crippen LogP contribution in [-0.2, 0) is 11.3 Å². The molecule has 0 saturated heterocycles. The van der Waals surface area contributed by atoms with Gasteiger partial charge in [0.25, 0.3) is 0 Å². The van der Waals surface area contributed by atoms with Crippen LogP contribution in [0.4, 0.5) is 0 Å². The third-order valence-electron chi connectivity index (χ3n) is 2.02. The standard InChI is InChI=1S/C11H17NO2/c1-9(12-14-3)8-10-4-6-11(13-2)7-5-10/h4-7,9,12H,8H2,1-3H3/t9-/m1/s1. The van der Waals surface area contributed by atoms with Gasteiger partial charge >= 0.3 is 0 Å². The van der Waals surface area contributed by atoms with E-state index in [0.29, 0.717) is 6.04 Å². The van der Waals surface area contributed by atoms with Gasteiger partial charge in [-0.25, -0.2) is 0 Å². The molecule has 0 aliphatic heterocycles. The van der Waals surface area contributed by atoms with Crippen molar-refractivity contribution in [1.29, 1.82) is 0 Å². The van der Waals surface area contributed by atoms with E-state index in [4.69, 9.17) is 9.57 Å². The zero-order valence-corrected chi connectivity index (χ0v) is 8.91. The summed E-state index contributed by atoms with van der Waals surface area (Å²) in [4.78, 5) is 4.85. The van der Waals surface area contributed by atoms with Crippen molar-refractivity contribution in [2.24, 2.45) is 0 Å². The summed E-state index contributed by atoms with van der Waals surface area (Å²) in [5, 5.41) is 0. The highest BCUT2D eigenvalue weighted by atomic mass is 16.6. The summed E-state index contributed by atoms with van der Waals surface area (Å²) in [5.74, 6) is 0.890. The molecule has 0 saturated carbocycles. The third kappa shape index (κ3) is 3.36. The number of methoxy groups -OCH3 is 1. The molecule has 0 spiro atoms. The van der Waals surface area contributed by atoms with Crippen LogP contribution in [0.2, 0.25) is 0 Å². The van der Waals surface area contributed by atoms with Crippen molar-refractivity contribution < 1.29 is 9.57 Å². The first-order valence-corrected chi connectivity index (χ1v) is 4.67. The van der Waals surface area contributed by atoms with E-state index in [1.165, 1.54) is 5.56 Å². The van der Waals surface area contributed by atoms with Crippen molar-refractivity contribution in [1.82, 2.24) is 5.48 Å².